The first kappa shape index (κ1) is 9.81. The van der Waals surface area contributed by atoms with Crippen LogP contribution in [0.1, 0.15) is 30.0 Å². The zero-order valence-corrected chi connectivity index (χ0v) is 8.93. The van der Waals surface area contributed by atoms with Crippen molar-refractivity contribution in [3.8, 4) is 5.75 Å². The SMILES string of the molecule is Cc1cc(Cl)c(O)c([C@H]2CCCN2)c1. The molecule has 2 nitrogen and oxygen atoms in total. The Hall–Kier alpha value is -0.730. The summed E-state index contributed by atoms with van der Waals surface area (Å²) in [5.74, 6) is 0.233. The number of hydrogen-bond donors (Lipinski definition) is 2. The molecule has 76 valence electrons. The van der Waals surface area contributed by atoms with E-state index >= 15 is 0 Å². The van der Waals surface area contributed by atoms with E-state index in [1.54, 1.807) is 6.07 Å². The average Bonchev–Trinajstić information content (AvgIpc) is 2.63. The lowest BCUT2D eigenvalue weighted by Crippen LogP contribution is -2.13. The molecule has 2 rings (SSSR count). The van der Waals surface area contributed by atoms with Crippen LogP contribution in [0.5, 0.6) is 5.75 Å². The van der Waals surface area contributed by atoms with Gasteiger partial charge in [0.1, 0.15) is 5.75 Å². The molecule has 14 heavy (non-hydrogen) atoms. The number of halogens is 1. The number of aryl methyl sites for hydroxylation is 1. The number of nitrogens with one attached hydrogen (secondary N) is 1. The van der Waals surface area contributed by atoms with Crippen LogP contribution in [0.15, 0.2) is 12.1 Å². The van der Waals surface area contributed by atoms with Crippen molar-refractivity contribution in [2.75, 3.05) is 6.54 Å². The third-order valence-corrected chi connectivity index (χ3v) is 2.96. The minimum absolute atomic E-state index is 0.233. The van der Waals surface area contributed by atoms with E-state index < -0.39 is 0 Å². The van der Waals surface area contributed by atoms with Crippen LogP contribution in [-0.2, 0) is 0 Å². The molecule has 1 saturated heterocycles. The van der Waals surface area contributed by atoms with Gasteiger partial charge in [-0.25, -0.2) is 0 Å². The molecule has 0 bridgehead atoms. The standard InChI is InChI=1S/C11H14ClNO/c1-7-5-8(10-3-2-4-13-10)11(14)9(12)6-7/h5-6,10,13-14H,2-4H2,1H3/t10-/m1/s1. The maximum atomic E-state index is 9.81. The van der Waals surface area contributed by atoms with E-state index in [2.05, 4.69) is 5.32 Å². The van der Waals surface area contributed by atoms with Crippen molar-refractivity contribution in [1.29, 1.82) is 0 Å². The summed E-state index contributed by atoms with van der Waals surface area (Å²) < 4.78 is 0. The molecule has 0 spiro atoms. The van der Waals surface area contributed by atoms with Crippen molar-refractivity contribution in [2.24, 2.45) is 0 Å². The Morgan fingerprint density at radius 1 is 1.50 bits per heavy atom. The van der Waals surface area contributed by atoms with E-state index in [4.69, 9.17) is 11.6 Å². The van der Waals surface area contributed by atoms with Crippen molar-refractivity contribution in [2.45, 2.75) is 25.8 Å². The van der Waals surface area contributed by atoms with Gasteiger partial charge in [0.15, 0.2) is 0 Å². The van der Waals surface area contributed by atoms with Gasteiger partial charge in [-0.1, -0.05) is 17.7 Å². The van der Waals surface area contributed by atoms with Gasteiger partial charge in [-0.05, 0) is 37.9 Å². The molecule has 0 unspecified atom stereocenters. The molecule has 1 aromatic carbocycles. The fourth-order valence-electron chi connectivity index (χ4n) is 1.98. The Balaban J connectivity index is 2.40. The molecular formula is C11H14ClNO. The second-order valence-electron chi connectivity index (χ2n) is 3.83. The number of hydrogen-bond acceptors (Lipinski definition) is 2. The van der Waals surface area contributed by atoms with Crippen molar-refractivity contribution >= 4 is 11.6 Å². The summed E-state index contributed by atoms with van der Waals surface area (Å²) in [6.45, 7) is 3.01. The third kappa shape index (κ3) is 1.72. The number of rotatable bonds is 1. The van der Waals surface area contributed by atoms with Crippen LogP contribution < -0.4 is 5.32 Å². The van der Waals surface area contributed by atoms with E-state index in [0.717, 1.165) is 30.5 Å². The molecule has 1 aliphatic heterocycles. The average molecular weight is 212 g/mol. The van der Waals surface area contributed by atoms with Crippen molar-refractivity contribution in [1.82, 2.24) is 5.32 Å². The van der Waals surface area contributed by atoms with Crippen LogP contribution in [0, 0.1) is 6.92 Å². The molecule has 2 N–H and O–H groups in total. The van der Waals surface area contributed by atoms with Gasteiger partial charge in [0.05, 0.1) is 5.02 Å². The van der Waals surface area contributed by atoms with E-state index in [0.29, 0.717) is 5.02 Å². The molecular weight excluding hydrogens is 198 g/mol. The fourth-order valence-corrected chi connectivity index (χ4v) is 2.26. The maximum Gasteiger partial charge on any atom is 0.138 e. The minimum atomic E-state index is 0.233. The summed E-state index contributed by atoms with van der Waals surface area (Å²) in [7, 11) is 0. The first-order valence-corrected chi connectivity index (χ1v) is 5.28. The summed E-state index contributed by atoms with van der Waals surface area (Å²) in [5.41, 5.74) is 2.03. The fraction of sp³-hybridized carbons (Fsp3) is 0.455. The molecule has 1 aliphatic rings. The summed E-state index contributed by atoms with van der Waals surface area (Å²) in [5, 5.41) is 13.6. The van der Waals surface area contributed by atoms with Gasteiger partial charge >= 0.3 is 0 Å². The zero-order chi connectivity index (χ0) is 10.1. The van der Waals surface area contributed by atoms with E-state index in [1.165, 1.54) is 0 Å². The second-order valence-corrected chi connectivity index (χ2v) is 4.24. The van der Waals surface area contributed by atoms with Crippen LogP contribution in [0.4, 0.5) is 0 Å². The van der Waals surface area contributed by atoms with Crippen LogP contribution in [0.2, 0.25) is 5.02 Å². The first-order chi connectivity index (χ1) is 6.68. The monoisotopic (exact) mass is 211 g/mol. The van der Waals surface area contributed by atoms with E-state index in [1.807, 2.05) is 13.0 Å². The minimum Gasteiger partial charge on any atom is -0.506 e. The maximum absolute atomic E-state index is 9.81. The second kappa shape index (κ2) is 3.79. The number of phenolic OH excluding ortho intramolecular Hbond substituents is 1. The number of phenols is 1. The normalized spacial score (nSPS) is 21.4. The van der Waals surface area contributed by atoms with Gasteiger partial charge in [-0.2, -0.15) is 0 Å². The van der Waals surface area contributed by atoms with Crippen molar-refractivity contribution in [3.05, 3.63) is 28.3 Å². The molecule has 1 aromatic rings. The molecule has 3 heteroatoms. The van der Waals surface area contributed by atoms with Crippen LogP contribution >= 0.6 is 11.6 Å². The quantitative estimate of drug-likeness (QED) is 0.749. The molecule has 1 atom stereocenters. The highest BCUT2D eigenvalue weighted by molar-refractivity contribution is 6.32. The Morgan fingerprint density at radius 3 is 2.93 bits per heavy atom. The first-order valence-electron chi connectivity index (χ1n) is 4.91. The molecule has 0 aromatic heterocycles. The highest BCUT2D eigenvalue weighted by Gasteiger charge is 2.20. The third-order valence-electron chi connectivity index (χ3n) is 2.67. The van der Waals surface area contributed by atoms with Crippen LogP contribution in [0.3, 0.4) is 0 Å². The Kier molecular flexibility index (Phi) is 2.66. The van der Waals surface area contributed by atoms with E-state index in [9.17, 15) is 5.11 Å². The molecule has 0 aliphatic carbocycles. The van der Waals surface area contributed by atoms with Gasteiger partial charge < -0.3 is 10.4 Å². The van der Waals surface area contributed by atoms with Crippen LogP contribution in [0.25, 0.3) is 0 Å². The number of benzene rings is 1. The summed E-state index contributed by atoms with van der Waals surface area (Å²) in [6.07, 6.45) is 2.24. The molecule has 0 amide bonds. The molecule has 1 fully saturated rings. The molecule has 0 radical (unpaired) electrons. The van der Waals surface area contributed by atoms with Gasteiger partial charge in [-0.15, -0.1) is 0 Å². The molecule has 1 heterocycles. The smallest absolute Gasteiger partial charge is 0.138 e. The molecule has 0 saturated carbocycles. The van der Waals surface area contributed by atoms with Crippen molar-refractivity contribution in [3.63, 3.8) is 0 Å². The lowest BCUT2D eigenvalue weighted by Gasteiger charge is -2.14. The van der Waals surface area contributed by atoms with Gasteiger partial charge in [-0.3, -0.25) is 0 Å². The Labute approximate surface area is 88.9 Å². The summed E-state index contributed by atoms with van der Waals surface area (Å²) in [6, 6.07) is 4.06. The lowest BCUT2D eigenvalue weighted by molar-refractivity contribution is 0.457. The summed E-state index contributed by atoms with van der Waals surface area (Å²) in [4.78, 5) is 0. The topological polar surface area (TPSA) is 32.3 Å². The Bertz CT molecular complexity index is 345. The van der Waals surface area contributed by atoms with Crippen molar-refractivity contribution < 1.29 is 5.11 Å². The Morgan fingerprint density at radius 2 is 2.29 bits per heavy atom. The predicted octanol–water partition coefficient (Wildman–Crippen LogP) is 2.78. The predicted molar refractivity (Wildman–Crippen MR) is 57.8 cm³/mol. The highest BCUT2D eigenvalue weighted by atomic mass is 35.5. The van der Waals surface area contributed by atoms with Gasteiger partial charge in [0, 0.05) is 11.6 Å². The van der Waals surface area contributed by atoms with Gasteiger partial charge in [0.25, 0.3) is 0 Å². The van der Waals surface area contributed by atoms with Crippen LogP contribution in [-0.4, -0.2) is 11.7 Å². The highest BCUT2D eigenvalue weighted by Crippen LogP contribution is 2.36. The largest absolute Gasteiger partial charge is 0.506 e. The zero-order valence-electron chi connectivity index (χ0n) is 8.18. The van der Waals surface area contributed by atoms with E-state index in [-0.39, 0.29) is 11.8 Å². The number of aromatic hydroxyl groups is 1. The summed E-state index contributed by atoms with van der Waals surface area (Å²) >= 11 is 5.92. The van der Waals surface area contributed by atoms with Gasteiger partial charge in [0.2, 0.25) is 0 Å². The lowest BCUT2D eigenvalue weighted by atomic mass is 10.0.